The quantitative estimate of drug-likeness (QED) is 0.308. The van der Waals surface area contributed by atoms with Crippen LogP contribution in [0.5, 0.6) is 11.5 Å². The Morgan fingerprint density at radius 2 is 1.88 bits per heavy atom. The number of ether oxygens (including phenoxy) is 2. The summed E-state index contributed by atoms with van der Waals surface area (Å²) in [5, 5.41) is 20.8. The van der Waals surface area contributed by atoms with E-state index in [0.717, 1.165) is 0 Å². The molecule has 26 heavy (non-hydrogen) atoms. The molecule has 0 fully saturated rings. The van der Waals surface area contributed by atoms with Gasteiger partial charge in [-0.15, -0.1) is 0 Å². The average Bonchev–Trinajstić information content (AvgIpc) is 2.58. The predicted molar refractivity (Wildman–Crippen MR) is 110 cm³/mol. The standard InChI is InChI=1S/C18H14I2O6/c1-2-10-7-13(20)16(14(21)8-10)18(24)26-6-5-25-15-4-3-11(17(22)23)9-12(15)19/h2-4,7-9,21H,1,5-6H2,(H,22,23)/p-1. The highest BCUT2D eigenvalue weighted by molar-refractivity contribution is 14.1. The average molecular weight is 579 g/mol. The molecule has 1 N–H and O–H groups in total. The van der Waals surface area contributed by atoms with Crippen molar-refractivity contribution in [3.8, 4) is 11.5 Å². The van der Waals surface area contributed by atoms with Crippen molar-refractivity contribution in [2.75, 3.05) is 13.2 Å². The molecular weight excluding hydrogens is 566 g/mol. The Hall–Kier alpha value is -1.82. The van der Waals surface area contributed by atoms with Crippen LogP contribution in [0, 0.1) is 7.14 Å². The predicted octanol–water partition coefficient (Wildman–Crippen LogP) is 2.84. The first-order chi connectivity index (χ1) is 12.3. The van der Waals surface area contributed by atoms with Crippen molar-refractivity contribution in [3.63, 3.8) is 0 Å². The van der Waals surface area contributed by atoms with Crippen LogP contribution in [0.25, 0.3) is 6.08 Å². The van der Waals surface area contributed by atoms with Crippen LogP contribution in [0.15, 0.2) is 36.9 Å². The van der Waals surface area contributed by atoms with Crippen LogP contribution in [0.2, 0.25) is 0 Å². The van der Waals surface area contributed by atoms with Gasteiger partial charge in [0.2, 0.25) is 0 Å². The molecule has 0 aliphatic rings. The summed E-state index contributed by atoms with van der Waals surface area (Å²) in [6.45, 7) is 3.66. The maximum atomic E-state index is 12.1. The number of carboxylic acids is 1. The topological polar surface area (TPSA) is 95.9 Å². The number of aromatic carboxylic acids is 1. The van der Waals surface area contributed by atoms with Gasteiger partial charge in [-0.05, 0) is 86.6 Å². The number of carboxylic acid groups (broad SMARTS) is 1. The van der Waals surface area contributed by atoms with Crippen LogP contribution in [0.4, 0.5) is 0 Å². The van der Waals surface area contributed by atoms with E-state index in [9.17, 15) is 19.8 Å². The normalized spacial score (nSPS) is 10.2. The molecule has 136 valence electrons. The number of phenols is 1. The molecule has 0 bridgehead atoms. The Labute approximate surface area is 177 Å². The maximum Gasteiger partial charge on any atom is 0.343 e. The zero-order chi connectivity index (χ0) is 19.3. The lowest BCUT2D eigenvalue weighted by atomic mass is 10.1. The maximum absolute atomic E-state index is 12.1. The zero-order valence-corrected chi connectivity index (χ0v) is 17.6. The fourth-order valence-electron chi connectivity index (χ4n) is 2.04. The Balaban J connectivity index is 1.93. The summed E-state index contributed by atoms with van der Waals surface area (Å²) >= 11 is 3.88. The van der Waals surface area contributed by atoms with Gasteiger partial charge < -0.3 is 24.5 Å². The number of aromatic hydroxyl groups is 1. The van der Waals surface area contributed by atoms with E-state index in [-0.39, 0.29) is 30.1 Å². The Morgan fingerprint density at radius 3 is 2.46 bits per heavy atom. The van der Waals surface area contributed by atoms with Gasteiger partial charge in [0.15, 0.2) is 0 Å². The minimum atomic E-state index is -1.26. The molecule has 2 aromatic rings. The van der Waals surface area contributed by atoms with Gasteiger partial charge >= 0.3 is 5.97 Å². The third-order valence-electron chi connectivity index (χ3n) is 3.27. The Kier molecular flexibility index (Phi) is 7.26. The Morgan fingerprint density at radius 1 is 1.15 bits per heavy atom. The molecule has 0 aliphatic carbocycles. The summed E-state index contributed by atoms with van der Waals surface area (Å²) in [6, 6.07) is 7.46. The van der Waals surface area contributed by atoms with Crippen molar-refractivity contribution >= 4 is 63.2 Å². The third kappa shape index (κ3) is 5.10. The van der Waals surface area contributed by atoms with E-state index in [0.29, 0.717) is 18.5 Å². The van der Waals surface area contributed by atoms with Crippen LogP contribution in [-0.2, 0) is 4.74 Å². The van der Waals surface area contributed by atoms with E-state index < -0.39 is 11.9 Å². The molecule has 0 saturated carbocycles. The molecule has 0 aromatic heterocycles. The number of halogens is 2. The van der Waals surface area contributed by atoms with Gasteiger partial charge in [-0.25, -0.2) is 4.79 Å². The van der Waals surface area contributed by atoms with Gasteiger partial charge in [-0.1, -0.05) is 12.7 Å². The van der Waals surface area contributed by atoms with Gasteiger partial charge in [-0.3, -0.25) is 0 Å². The zero-order valence-electron chi connectivity index (χ0n) is 13.3. The monoisotopic (exact) mass is 579 g/mol. The SMILES string of the molecule is C=Cc1cc(O)c(C(=O)OCCOc2ccc(C(=O)[O-])cc2I)c(I)c1. The summed E-state index contributed by atoms with van der Waals surface area (Å²) in [5.41, 5.74) is 0.839. The molecule has 0 radical (unpaired) electrons. The van der Waals surface area contributed by atoms with E-state index in [4.69, 9.17) is 9.47 Å². The van der Waals surface area contributed by atoms with Crippen LogP contribution in [0.3, 0.4) is 0 Å². The van der Waals surface area contributed by atoms with Crippen molar-refractivity contribution in [2.24, 2.45) is 0 Å². The van der Waals surface area contributed by atoms with E-state index in [2.05, 4.69) is 6.58 Å². The fourth-order valence-corrected chi connectivity index (χ4v) is 3.56. The number of benzene rings is 2. The number of carbonyl (C=O) groups is 2. The van der Waals surface area contributed by atoms with E-state index in [1.165, 1.54) is 24.3 Å². The van der Waals surface area contributed by atoms with Crippen LogP contribution < -0.4 is 9.84 Å². The highest BCUT2D eigenvalue weighted by Gasteiger charge is 2.17. The van der Waals surface area contributed by atoms with Gasteiger partial charge in [0.25, 0.3) is 0 Å². The molecule has 0 amide bonds. The second-order valence-electron chi connectivity index (χ2n) is 5.02. The van der Waals surface area contributed by atoms with E-state index >= 15 is 0 Å². The van der Waals surface area contributed by atoms with Crippen LogP contribution in [0.1, 0.15) is 26.3 Å². The molecule has 0 unspecified atom stereocenters. The molecule has 0 spiro atoms. The highest BCUT2D eigenvalue weighted by Crippen LogP contribution is 2.26. The fraction of sp³-hybridized carbons (Fsp3) is 0.111. The van der Waals surface area contributed by atoms with Gasteiger partial charge in [0, 0.05) is 3.57 Å². The lowest BCUT2D eigenvalue weighted by Crippen LogP contribution is -2.22. The smallest absolute Gasteiger partial charge is 0.343 e. The summed E-state index contributed by atoms with van der Waals surface area (Å²) in [5.74, 6) is -1.63. The summed E-state index contributed by atoms with van der Waals surface area (Å²) < 4.78 is 11.8. The first-order valence-electron chi connectivity index (χ1n) is 7.29. The lowest BCUT2D eigenvalue weighted by molar-refractivity contribution is -0.255. The molecule has 2 rings (SSSR count). The first kappa shape index (κ1) is 20.5. The minimum absolute atomic E-state index is 0.0319. The number of carbonyl (C=O) groups excluding carboxylic acids is 2. The number of esters is 1. The highest BCUT2D eigenvalue weighted by atomic mass is 127. The van der Waals surface area contributed by atoms with Gasteiger partial charge in [0.1, 0.15) is 30.3 Å². The lowest BCUT2D eigenvalue weighted by Gasteiger charge is -2.12. The molecular formula is C18H13I2O6-. The number of hydrogen-bond acceptors (Lipinski definition) is 6. The minimum Gasteiger partial charge on any atom is -0.545 e. The summed E-state index contributed by atoms with van der Waals surface area (Å²) in [6.07, 6.45) is 1.57. The molecule has 0 atom stereocenters. The van der Waals surface area contributed by atoms with Crippen LogP contribution in [-0.4, -0.2) is 30.3 Å². The molecule has 8 heteroatoms. The van der Waals surface area contributed by atoms with Gasteiger partial charge in [0.05, 0.1) is 9.54 Å². The van der Waals surface area contributed by atoms with Crippen molar-refractivity contribution in [2.45, 2.75) is 0 Å². The van der Waals surface area contributed by atoms with Crippen molar-refractivity contribution < 1.29 is 29.3 Å². The van der Waals surface area contributed by atoms with Crippen molar-refractivity contribution in [1.82, 2.24) is 0 Å². The molecule has 2 aromatic carbocycles. The van der Waals surface area contributed by atoms with Crippen molar-refractivity contribution in [3.05, 3.63) is 60.7 Å². The second kappa shape index (κ2) is 9.21. The number of rotatable bonds is 7. The number of phenolic OH excluding ortho intramolecular Hbond substituents is 1. The Bertz CT molecular complexity index is 840. The summed E-state index contributed by atoms with van der Waals surface area (Å²) in [4.78, 5) is 22.9. The largest absolute Gasteiger partial charge is 0.545 e. The summed E-state index contributed by atoms with van der Waals surface area (Å²) in [7, 11) is 0. The van der Waals surface area contributed by atoms with E-state index in [1.54, 1.807) is 12.1 Å². The second-order valence-corrected chi connectivity index (χ2v) is 7.34. The van der Waals surface area contributed by atoms with Crippen LogP contribution >= 0.6 is 45.2 Å². The third-order valence-corrected chi connectivity index (χ3v) is 4.97. The first-order valence-corrected chi connectivity index (χ1v) is 9.45. The molecule has 0 aliphatic heterocycles. The number of hydrogen-bond donors (Lipinski definition) is 1. The van der Waals surface area contributed by atoms with Gasteiger partial charge in [-0.2, -0.15) is 0 Å². The van der Waals surface area contributed by atoms with Crippen molar-refractivity contribution in [1.29, 1.82) is 0 Å². The molecule has 6 nitrogen and oxygen atoms in total. The molecule has 0 saturated heterocycles. The van der Waals surface area contributed by atoms with E-state index in [1.807, 2.05) is 45.2 Å². The molecule has 0 heterocycles.